The summed E-state index contributed by atoms with van der Waals surface area (Å²) in [5.41, 5.74) is 3.19. The maximum atomic E-state index is 12.7. The summed E-state index contributed by atoms with van der Waals surface area (Å²) in [6, 6.07) is 14.3. The maximum Gasteiger partial charge on any atom is 0.243 e. The van der Waals surface area contributed by atoms with Gasteiger partial charge in [0.05, 0.1) is 4.90 Å². The topological polar surface area (TPSA) is 90.0 Å². The number of amides is 2. The van der Waals surface area contributed by atoms with E-state index in [1.165, 1.54) is 9.87 Å². The van der Waals surface area contributed by atoms with Crippen LogP contribution in [0.1, 0.15) is 25.3 Å². The average molecular weight is 471 g/mol. The summed E-state index contributed by atoms with van der Waals surface area (Å²) < 4.78 is 26.9. The van der Waals surface area contributed by atoms with Crippen molar-refractivity contribution in [1.29, 1.82) is 0 Å². The molecule has 0 aliphatic carbocycles. The summed E-state index contributed by atoms with van der Waals surface area (Å²) in [5, 5.41) is 2.90. The van der Waals surface area contributed by atoms with Gasteiger partial charge in [0.15, 0.2) is 0 Å². The summed E-state index contributed by atoms with van der Waals surface area (Å²) >= 11 is 0. The smallest absolute Gasteiger partial charge is 0.243 e. The van der Waals surface area contributed by atoms with Gasteiger partial charge in [-0.15, -0.1) is 0 Å². The Morgan fingerprint density at radius 2 is 1.67 bits per heavy atom. The van der Waals surface area contributed by atoms with Crippen molar-refractivity contribution in [3.8, 4) is 0 Å². The van der Waals surface area contributed by atoms with Crippen LogP contribution >= 0.6 is 0 Å². The largest absolute Gasteiger partial charge is 0.371 e. The predicted molar refractivity (Wildman–Crippen MR) is 128 cm³/mol. The first-order chi connectivity index (χ1) is 15.9. The van der Waals surface area contributed by atoms with Crippen LogP contribution in [0.5, 0.6) is 0 Å². The van der Waals surface area contributed by atoms with Gasteiger partial charge in [-0.05, 0) is 43.2 Å². The number of carbonyl (C=O) groups excluding carboxylic acids is 2. The minimum absolute atomic E-state index is 0.0932. The zero-order chi connectivity index (χ0) is 23.4. The molecule has 1 N–H and O–H groups in total. The van der Waals surface area contributed by atoms with Crippen molar-refractivity contribution >= 4 is 33.2 Å². The summed E-state index contributed by atoms with van der Waals surface area (Å²) in [6.07, 6.45) is 1.21. The third-order valence-electron chi connectivity index (χ3n) is 6.28. The number of rotatable bonds is 7. The van der Waals surface area contributed by atoms with Gasteiger partial charge in [0.2, 0.25) is 21.8 Å². The lowest BCUT2D eigenvalue weighted by Gasteiger charge is -2.34. The molecule has 0 atom stereocenters. The number of hydrogen-bond donors (Lipinski definition) is 1. The van der Waals surface area contributed by atoms with Crippen LogP contribution in [0.2, 0.25) is 0 Å². The quantitative estimate of drug-likeness (QED) is 0.671. The molecule has 4 rings (SSSR count). The first kappa shape index (κ1) is 23.3. The van der Waals surface area contributed by atoms with E-state index in [0.717, 1.165) is 30.9 Å². The van der Waals surface area contributed by atoms with Crippen molar-refractivity contribution in [3.63, 3.8) is 0 Å². The molecule has 2 aliphatic heterocycles. The summed E-state index contributed by atoms with van der Waals surface area (Å²) in [4.78, 5) is 29.2. The van der Waals surface area contributed by atoms with Gasteiger partial charge in [-0.1, -0.05) is 24.3 Å². The third-order valence-corrected chi connectivity index (χ3v) is 8.19. The number of likely N-dealkylation sites (N-methyl/N-ethyl adjacent to an activating group) is 1. The number of sulfonamides is 1. The number of carbonyl (C=O) groups is 2. The number of benzene rings is 2. The van der Waals surface area contributed by atoms with Crippen molar-refractivity contribution < 1.29 is 18.0 Å². The summed E-state index contributed by atoms with van der Waals surface area (Å²) in [6.45, 7) is 5.18. The van der Waals surface area contributed by atoms with E-state index < -0.39 is 10.0 Å². The molecule has 0 bridgehead atoms. The highest BCUT2D eigenvalue weighted by molar-refractivity contribution is 7.89. The highest BCUT2D eigenvalue weighted by atomic mass is 32.2. The number of hydrogen-bond acceptors (Lipinski definition) is 5. The molecule has 2 aromatic rings. The van der Waals surface area contributed by atoms with Crippen molar-refractivity contribution in [2.75, 3.05) is 49.5 Å². The van der Waals surface area contributed by atoms with Crippen LogP contribution in [0.4, 0.5) is 11.4 Å². The van der Waals surface area contributed by atoms with Crippen molar-refractivity contribution in [2.45, 2.75) is 31.1 Å². The van der Waals surface area contributed by atoms with E-state index in [9.17, 15) is 18.0 Å². The first-order valence-electron chi connectivity index (χ1n) is 11.4. The van der Waals surface area contributed by atoms with Crippen molar-refractivity contribution in [1.82, 2.24) is 9.21 Å². The zero-order valence-corrected chi connectivity index (χ0v) is 19.7. The van der Waals surface area contributed by atoms with Crippen molar-refractivity contribution in [3.05, 3.63) is 54.1 Å². The molecule has 9 heteroatoms. The highest BCUT2D eigenvalue weighted by Crippen LogP contribution is 2.30. The highest BCUT2D eigenvalue weighted by Gasteiger charge is 2.30. The van der Waals surface area contributed by atoms with Crippen LogP contribution in [-0.2, 0) is 26.0 Å². The SMILES string of the molecule is CCN1CCc2ccc(NC(=O)CCC(=O)N3CCN(S(=O)(=O)c4ccccc4)CC3)cc21. The Balaban J connectivity index is 1.25. The molecule has 0 unspecified atom stereocenters. The number of piperazine rings is 1. The third kappa shape index (κ3) is 5.20. The fourth-order valence-corrected chi connectivity index (χ4v) is 5.82. The minimum atomic E-state index is -3.55. The molecule has 1 saturated heterocycles. The van der Waals surface area contributed by atoms with Gasteiger partial charge in [-0.2, -0.15) is 4.31 Å². The lowest BCUT2D eigenvalue weighted by molar-refractivity contribution is -0.133. The lowest BCUT2D eigenvalue weighted by Crippen LogP contribution is -2.50. The second-order valence-electron chi connectivity index (χ2n) is 8.32. The molecule has 2 aromatic carbocycles. The van der Waals surface area contributed by atoms with E-state index in [4.69, 9.17) is 0 Å². The van der Waals surface area contributed by atoms with Crippen LogP contribution in [0, 0.1) is 0 Å². The Kier molecular flexibility index (Phi) is 6.99. The lowest BCUT2D eigenvalue weighted by atomic mass is 10.1. The Bertz CT molecular complexity index is 1110. The molecule has 33 heavy (non-hydrogen) atoms. The number of fused-ring (bicyclic) bond motifs is 1. The molecule has 176 valence electrons. The fourth-order valence-electron chi connectivity index (χ4n) is 4.37. The van der Waals surface area contributed by atoms with Gasteiger partial charge in [0.1, 0.15) is 0 Å². The molecule has 2 amide bonds. The van der Waals surface area contributed by atoms with Gasteiger partial charge in [-0.3, -0.25) is 9.59 Å². The molecular formula is C24H30N4O4S. The Morgan fingerprint density at radius 3 is 2.36 bits per heavy atom. The number of nitrogens with zero attached hydrogens (tertiary/aromatic N) is 3. The number of anilines is 2. The molecule has 0 saturated carbocycles. The second kappa shape index (κ2) is 9.93. The molecule has 2 aliphatic rings. The van der Waals surface area contributed by atoms with Crippen LogP contribution in [0.15, 0.2) is 53.4 Å². The van der Waals surface area contributed by atoms with Gasteiger partial charge >= 0.3 is 0 Å². The van der Waals surface area contributed by atoms with Crippen LogP contribution < -0.4 is 10.2 Å². The molecule has 1 fully saturated rings. The Morgan fingerprint density at radius 1 is 0.939 bits per heavy atom. The normalized spacial score (nSPS) is 16.5. The summed E-state index contributed by atoms with van der Waals surface area (Å²) in [7, 11) is -3.55. The van der Waals surface area contributed by atoms with Gasteiger partial charge in [-0.25, -0.2) is 8.42 Å². The second-order valence-corrected chi connectivity index (χ2v) is 10.3. The molecule has 2 heterocycles. The molecule has 0 spiro atoms. The van der Waals surface area contributed by atoms with Crippen LogP contribution in [0.25, 0.3) is 0 Å². The van der Waals surface area contributed by atoms with Crippen molar-refractivity contribution in [2.24, 2.45) is 0 Å². The standard InChI is InChI=1S/C24H30N4O4S/c1-2-26-13-12-19-8-9-20(18-22(19)26)25-23(29)10-11-24(30)27-14-16-28(17-15-27)33(31,32)21-6-4-3-5-7-21/h3-9,18H,2,10-17H2,1H3,(H,25,29). The summed E-state index contributed by atoms with van der Waals surface area (Å²) in [5.74, 6) is -0.331. The predicted octanol–water partition coefficient (Wildman–Crippen LogP) is 2.32. The average Bonchev–Trinajstić information content (AvgIpc) is 3.25. The van der Waals surface area contributed by atoms with Crippen LogP contribution in [-0.4, -0.2) is 68.7 Å². The Hall–Kier alpha value is -2.91. The molecule has 0 radical (unpaired) electrons. The van der Waals surface area contributed by atoms with E-state index in [2.05, 4.69) is 23.2 Å². The monoisotopic (exact) mass is 470 g/mol. The fraction of sp³-hybridized carbons (Fsp3) is 0.417. The van der Waals surface area contributed by atoms with Gasteiger partial charge in [0.25, 0.3) is 0 Å². The first-order valence-corrected chi connectivity index (χ1v) is 12.8. The molecular weight excluding hydrogens is 440 g/mol. The van der Waals surface area contributed by atoms with Gasteiger partial charge < -0.3 is 15.1 Å². The van der Waals surface area contributed by atoms with E-state index in [-0.39, 0.29) is 42.6 Å². The zero-order valence-electron chi connectivity index (χ0n) is 18.9. The van der Waals surface area contributed by atoms with E-state index in [0.29, 0.717) is 13.1 Å². The van der Waals surface area contributed by atoms with E-state index >= 15 is 0 Å². The van der Waals surface area contributed by atoms with E-state index in [1.807, 2.05) is 12.1 Å². The number of nitrogens with one attached hydrogen (secondary N) is 1. The Labute approximate surface area is 195 Å². The maximum absolute atomic E-state index is 12.7. The minimum Gasteiger partial charge on any atom is -0.371 e. The molecule has 8 nitrogen and oxygen atoms in total. The van der Waals surface area contributed by atoms with Gasteiger partial charge in [0, 0.05) is 63.5 Å². The molecule has 0 aromatic heterocycles. The van der Waals surface area contributed by atoms with E-state index in [1.54, 1.807) is 35.2 Å². The van der Waals surface area contributed by atoms with Crippen LogP contribution in [0.3, 0.4) is 0 Å².